The van der Waals surface area contributed by atoms with Gasteiger partial charge in [0.15, 0.2) is 0 Å². The molecule has 1 aliphatic heterocycles. The number of piperazine rings is 1. The number of carbonyl (C=O) groups excluding carboxylic acids is 1. The number of hydrogen-bond donors (Lipinski definition) is 0. The van der Waals surface area contributed by atoms with Gasteiger partial charge in [0, 0.05) is 32.7 Å². The molecule has 0 unspecified atom stereocenters. The zero-order valence-electron chi connectivity index (χ0n) is 17.2. The lowest BCUT2D eigenvalue weighted by Crippen LogP contribution is -2.48. The summed E-state index contributed by atoms with van der Waals surface area (Å²) in [6.45, 7) is 7.45. The first-order valence-corrected chi connectivity index (χ1v) is 11.2. The molecule has 0 aliphatic carbocycles. The molecule has 2 aromatic rings. The molecule has 0 bridgehead atoms. The number of methoxy groups -OCH3 is 1. The number of esters is 1. The van der Waals surface area contributed by atoms with Crippen LogP contribution in [0, 0.1) is 0 Å². The highest BCUT2D eigenvalue weighted by Gasteiger charge is 2.28. The lowest BCUT2D eigenvalue weighted by atomic mass is 10.0. The maximum atomic E-state index is 12.9. The molecule has 3 rings (SSSR count). The maximum absolute atomic E-state index is 12.9. The van der Waals surface area contributed by atoms with Crippen molar-refractivity contribution in [2.75, 3.05) is 33.3 Å². The first kappa shape index (κ1) is 21.5. The third-order valence-electron chi connectivity index (χ3n) is 5.30. The van der Waals surface area contributed by atoms with Crippen molar-refractivity contribution in [1.82, 2.24) is 9.21 Å². The Hall–Kier alpha value is -2.22. The number of carbonyl (C=O) groups is 1. The predicted molar refractivity (Wildman–Crippen MR) is 112 cm³/mol. The van der Waals surface area contributed by atoms with E-state index < -0.39 is 16.0 Å². The number of ether oxygens (including phenoxy) is 1. The summed E-state index contributed by atoms with van der Waals surface area (Å²) in [5.41, 5.74) is 2.90. The summed E-state index contributed by atoms with van der Waals surface area (Å²) in [5.74, 6) is 0.0310. The van der Waals surface area contributed by atoms with Crippen molar-refractivity contribution in [2.45, 2.75) is 31.2 Å². The van der Waals surface area contributed by atoms with Crippen LogP contribution >= 0.6 is 0 Å². The van der Waals surface area contributed by atoms with E-state index in [0.717, 1.165) is 6.54 Å². The molecule has 1 aliphatic rings. The Labute approximate surface area is 173 Å². The first-order chi connectivity index (χ1) is 13.8. The van der Waals surface area contributed by atoms with Gasteiger partial charge in [0.1, 0.15) is 0 Å². The van der Waals surface area contributed by atoms with Crippen molar-refractivity contribution < 1.29 is 17.9 Å². The molecule has 0 amide bonds. The topological polar surface area (TPSA) is 66.9 Å². The molecule has 0 radical (unpaired) electrons. The zero-order chi connectivity index (χ0) is 21.0. The van der Waals surface area contributed by atoms with E-state index in [1.54, 1.807) is 0 Å². The van der Waals surface area contributed by atoms with Crippen LogP contribution in [0.2, 0.25) is 0 Å². The second-order valence-corrected chi connectivity index (χ2v) is 9.53. The van der Waals surface area contributed by atoms with Crippen LogP contribution in [0.25, 0.3) is 0 Å². The average Bonchev–Trinajstić information content (AvgIpc) is 2.74. The van der Waals surface area contributed by atoms with Gasteiger partial charge in [0.2, 0.25) is 10.0 Å². The van der Waals surface area contributed by atoms with E-state index in [-0.39, 0.29) is 4.90 Å². The van der Waals surface area contributed by atoms with E-state index in [0.29, 0.717) is 37.7 Å². The minimum absolute atomic E-state index is 0.197. The van der Waals surface area contributed by atoms with Gasteiger partial charge in [0.05, 0.1) is 17.6 Å². The molecule has 1 heterocycles. The van der Waals surface area contributed by atoms with Crippen molar-refractivity contribution in [2.24, 2.45) is 0 Å². The summed E-state index contributed by atoms with van der Waals surface area (Å²) in [6.07, 6.45) is 0. The van der Waals surface area contributed by atoms with Crippen LogP contribution in [0.3, 0.4) is 0 Å². The number of rotatable bonds is 6. The van der Waals surface area contributed by atoms with Crippen LogP contribution in [0.15, 0.2) is 53.4 Å². The van der Waals surface area contributed by atoms with Crippen LogP contribution in [0.5, 0.6) is 0 Å². The minimum Gasteiger partial charge on any atom is -0.465 e. The first-order valence-electron chi connectivity index (χ1n) is 9.81. The van der Waals surface area contributed by atoms with Gasteiger partial charge in [-0.3, -0.25) is 4.90 Å². The van der Waals surface area contributed by atoms with E-state index in [9.17, 15) is 13.2 Å². The van der Waals surface area contributed by atoms with Gasteiger partial charge in [-0.25, -0.2) is 13.2 Å². The molecule has 0 atom stereocenters. The second kappa shape index (κ2) is 9.07. The van der Waals surface area contributed by atoms with Crippen molar-refractivity contribution in [3.63, 3.8) is 0 Å². The number of hydrogen-bond acceptors (Lipinski definition) is 5. The molecule has 2 aromatic carbocycles. The molecule has 1 saturated heterocycles. The Morgan fingerprint density at radius 3 is 2.07 bits per heavy atom. The van der Waals surface area contributed by atoms with Crippen molar-refractivity contribution in [3.05, 3.63) is 65.2 Å². The highest BCUT2D eigenvalue weighted by atomic mass is 32.2. The number of benzene rings is 2. The molecule has 29 heavy (non-hydrogen) atoms. The third-order valence-corrected chi connectivity index (χ3v) is 7.21. The van der Waals surface area contributed by atoms with Crippen molar-refractivity contribution >= 4 is 16.0 Å². The van der Waals surface area contributed by atoms with Gasteiger partial charge in [0.25, 0.3) is 0 Å². The lowest BCUT2D eigenvalue weighted by molar-refractivity contribution is 0.0600. The van der Waals surface area contributed by atoms with Crippen LogP contribution in [-0.4, -0.2) is 56.9 Å². The Morgan fingerprint density at radius 2 is 1.55 bits per heavy atom. The fourth-order valence-electron chi connectivity index (χ4n) is 3.42. The molecule has 0 aromatic heterocycles. The van der Waals surface area contributed by atoms with E-state index in [4.69, 9.17) is 0 Å². The van der Waals surface area contributed by atoms with Gasteiger partial charge >= 0.3 is 5.97 Å². The SMILES string of the molecule is COC(=O)c1ccc(S(=O)(=O)N2CCN(Cc3ccc(C(C)C)cc3)CC2)cc1. The molecule has 0 N–H and O–H groups in total. The standard InChI is InChI=1S/C22H28N2O4S/c1-17(2)19-6-4-18(5-7-19)16-23-12-14-24(15-13-23)29(26,27)21-10-8-20(9-11-21)22(25)28-3/h4-11,17H,12-16H2,1-3H3. The second-order valence-electron chi connectivity index (χ2n) is 7.59. The van der Waals surface area contributed by atoms with Gasteiger partial charge in [-0.15, -0.1) is 0 Å². The highest BCUT2D eigenvalue weighted by Crippen LogP contribution is 2.20. The number of sulfonamides is 1. The summed E-state index contributed by atoms with van der Waals surface area (Å²) in [5, 5.41) is 0. The van der Waals surface area contributed by atoms with Gasteiger partial charge in [-0.2, -0.15) is 4.31 Å². The monoisotopic (exact) mass is 416 g/mol. The van der Waals surface area contributed by atoms with Crippen LogP contribution < -0.4 is 0 Å². The number of nitrogens with zero attached hydrogens (tertiary/aromatic N) is 2. The Bertz CT molecular complexity index is 930. The normalized spacial score (nSPS) is 16.1. The third kappa shape index (κ3) is 5.04. The Morgan fingerprint density at radius 1 is 0.966 bits per heavy atom. The van der Waals surface area contributed by atoms with E-state index in [1.807, 2.05) is 0 Å². The summed E-state index contributed by atoms with van der Waals surface area (Å²) < 4.78 is 32.0. The van der Waals surface area contributed by atoms with Gasteiger partial charge in [-0.05, 0) is 41.3 Å². The van der Waals surface area contributed by atoms with Gasteiger partial charge < -0.3 is 4.74 Å². The van der Waals surface area contributed by atoms with E-state index in [2.05, 4.69) is 47.7 Å². The van der Waals surface area contributed by atoms with Crippen LogP contribution in [0.4, 0.5) is 0 Å². The van der Waals surface area contributed by atoms with Crippen molar-refractivity contribution in [1.29, 1.82) is 0 Å². The summed E-state index contributed by atoms with van der Waals surface area (Å²) in [7, 11) is -2.27. The smallest absolute Gasteiger partial charge is 0.337 e. The largest absolute Gasteiger partial charge is 0.465 e. The Kier molecular flexibility index (Phi) is 6.72. The molecule has 156 valence electrons. The molecule has 1 fully saturated rings. The summed E-state index contributed by atoms with van der Waals surface area (Å²) in [4.78, 5) is 14.0. The quantitative estimate of drug-likeness (QED) is 0.677. The fraction of sp³-hybridized carbons (Fsp3) is 0.409. The molecule has 0 spiro atoms. The van der Waals surface area contributed by atoms with Gasteiger partial charge in [-0.1, -0.05) is 38.1 Å². The Balaban J connectivity index is 1.59. The summed E-state index contributed by atoms with van der Waals surface area (Å²) in [6, 6.07) is 14.5. The molecule has 7 heteroatoms. The van der Waals surface area contributed by atoms with Crippen molar-refractivity contribution in [3.8, 4) is 0 Å². The predicted octanol–water partition coefficient (Wildman–Crippen LogP) is 3.10. The molecule has 0 saturated carbocycles. The summed E-state index contributed by atoms with van der Waals surface area (Å²) >= 11 is 0. The van der Waals surface area contributed by atoms with E-state index >= 15 is 0 Å². The molecular weight excluding hydrogens is 388 g/mol. The van der Waals surface area contributed by atoms with E-state index in [1.165, 1.54) is 46.8 Å². The minimum atomic E-state index is -3.57. The average molecular weight is 417 g/mol. The highest BCUT2D eigenvalue weighted by molar-refractivity contribution is 7.89. The fourth-order valence-corrected chi connectivity index (χ4v) is 4.85. The zero-order valence-corrected chi connectivity index (χ0v) is 18.0. The molecule has 6 nitrogen and oxygen atoms in total. The molecular formula is C22H28N2O4S. The van der Waals surface area contributed by atoms with Crippen LogP contribution in [0.1, 0.15) is 41.3 Å². The lowest BCUT2D eigenvalue weighted by Gasteiger charge is -2.34. The maximum Gasteiger partial charge on any atom is 0.337 e. The van der Waals surface area contributed by atoms with Crippen LogP contribution in [-0.2, 0) is 21.3 Å².